The first-order valence-electron chi connectivity index (χ1n) is 9.73. The van der Waals surface area contributed by atoms with Gasteiger partial charge < -0.3 is 5.32 Å². The molecule has 3 rings (SSSR count). The van der Waals surface area contributed by atoms with Crippen molar-refractivity contribution in [1.29, 1.82) is 0 Å². The Bertz CT molecular complexity index is 1000. The zero-order valence-electron chi connectivity index (χ0n) is 16.6. The minimum absolute atomic E-state index is 0.0583. The summed E-state index contributed by atoms with van der Waals surface area (Å²) in [6, 6.07) is 13.4. The second kappa shape index (κ2) is 10.00. The van der Waals surface area contributed by atoms with E-state index in [-0.39, 0.29) is 22.0 Å². The van der Waals surface area contributed by atoms with E-state index in [0.29, 0.717) is 11.3 Å². The highest BCUT2D eigenvalue weighted by molar-refractivity contribution is 9.10. The Morgan fingerprint density at radius 2 is 1.63 bits per heavy atom. The molecule has 0 unspecified atom stereocenters. The van der Waals surface area contributed by atoms with Crippen LogP contribution in [-0.2, 0) is 10.0 Å². The molecule has 0 spiro atoms. The number of hydrogen-bond acceptors (Lipinski definition) is 4. The second-order valence-corrected chi connectivity index (χ2v) is 10.6. The zero-order chi connectivity index (χ0) is 21.7. The molecule has 0 saturated heterocycles. The van der Waals surface area contributed by atoms with Crippen LogP contribution in [0.2, 0.25) is 0 Å². The summed E-state index contributed by atoms with van der Waals surface area (Å²) in [5.41, 5.74) is 1.07. The lowest BCUT2D eigenvalue weighted by Crippen LogP contribution is -2.38. The minimum atomic E-state index is -3.54. The van der Waals surface area contributed by atoms with E-state index in [1.165, 1.54) is 10.7 Å². The molecule has 1 amide bonds. The SMILES string of the molecule is CN(C1CCCCC1)S(=O)(=O)c1ccc(NC(=S)NC(=O)c2ccc(Br)cc2)cc1. The lowest BCUT2D eigenvalue weighted by Gasteiger charge is -2.30. The molecule has 1 aliphatic rings. The molecule has 0 bridgehead atoms. The molecule has 1 fully saturated rings. The van der Waals surface area contributed by atoms with Gasteiger partial charge in [-0.3, -0.25) is 10.1 Å². The van der Waals surface area contributed by atoms with Crippen LogP contribution in [0, 0.1) is 0 Å². The van der Waals surface area contributed by atoms with Gasteiger partial charge in [-0.15, -0.1) is 0 Å². The normalized spacial score (nSPS) is 15.0. The Kier molecular flexibility index (Phi) is 7.62. The smallest absolute Gasteiger partial charge is 0.257 e. The van der Waals surface area contributed by atoms with Gasteiger partial charge in [0.1, 0.15) is 0 Å². The minimum Gasteiger partial charge on any atom is -0.332 e. The summed E-state index contributed by atoms with van der Waals surface area (Å²) in [5.74, 6) is -0.326. The Morgan fingerprint density at radius 1 is 1.03 bits per heavy atom. The average molecular weight is 510 g/mol. The molecular weight excluding hydrogens is 486 g/mol. The van der Waals surface area contributed by atoms with E-state index in [4.69, 9.17) is 12.2 Å². The molecule has 0 radical (unpaired) electrons. The first-order valence-corrected chi connectivity index (χ1v) is 12.4. The number of thiocarbonyl (C=S) groups is 1. The molecule has 0 aliphatic heterocycles. The molecule has 160 valence electrons. The highest BCUT2D eigenvalue weighted by atomic mass is 79.9. The molecular formula is C21H24BrN3O3S2. The molecule has 0 aromatic heterocycles. The molecule has 6 nitrogen and oxygen atoms in total. The summed E-state index contributed by atoms with van der Waals surface area (Å²) >= 11 is 8.52. The predicted molar refractivity (Wildman–Crippen MR) is 126 cm³/mol. The van der Waals surface area contributed by atoms with Crippen LogP contribution in [0.25, 0.3) is 0 Å². The molecule has 30 heavy (non-hydrogen) atoms. The lowest BCUT2D eigenvalue weighted by atomic mass is 9.96. The molecule has 2 aromatic rings. The van der Waals surface area contributed by atoms with E-state index in [2.05, 4.69) is 26.6 Å². The largest absolute Gasteiger partial charge is 0.332 e. The number of anilines is 1. The molecule has 1 aliphatic carbocycles. The van der Waals surface area contributed by atoms with Crippen molar-refractivity contribution in [2.75, 3.05) is 12.4 Å². The Labute approximate surface area is 191 Å². The third-order valence-corrected chi connectivity index (χ3v) is 7.87. The van der Waals surface area contributed by atoms with Gasteiger partial charge in [0.25, 0.3) is 5.91 Å². The molecule has 2 N–H and O–H groups in total. The molecule has 0 atom stereocenters. The van der Waals surface area contributed by atoms with Crippen LogP contribution in [0.1, 0.15) is 42.5 Å². The second-order valence-electron chi connectivity index (χ2n) is 7.25. The van der Waals surface area contributed by atoms with Crippen LogP contribution in [0.4, 0.5) is 5.69 Å². The van der Waals surface area contributed by atoms with Crippen molar-refractivity contribution in [3.63, 3.8) is 0 Å². The van der Waals surface area contributed by atoms with Crippen LogP contribution in [0.15, 0.2) is 57.9 Å². The Hall–Kier alpha value is -1.81. The molecule has 2 aromatic carbocycles. The van der Waals surface area contributed by atoms with Crippen LogP contribution in [0.5, 0.6) is 0 Å². The van der Waals surface area contributed by atoms with E-state index in [1.807, 2.05) is 0 Å². The molecule has 0 heterocycles. The summed E-state index contributed by atoms with van der Waals surface area (Å²) < 4.78 is 28.2. The maximum Gasteiger partial charge on any atom is 0.257 e. The fraction of sp³-hybridized carbons (Fsp3) is 0.333. The van der Waals surface area contributed by atoms with Crippen LogP contribution in [0.3, 0.4) is 0 Å². The Balaban J connectivity index is 1.61. The third-order valence-electron chi connectivity index (χ3n) is 5.21. The summed E-state index contributed by atoms with van der Waals surface area (Å²) in [4.78, 5) is 12.5. The van der Waals surface area contributed by atoms with Gasteiger partial charge in [-0.05, 0) is 73.6 Å². The van der Waals surface area contributed by atoms with Gasteiger partial charge in [0.05, 0.1) is 4.90 Å². The first kappa shape index (κ1) is 22.9. The highest BCUT2D eigenvalue weighted by Gasteiger charge is 2.28. The van der Waals surface area contributed by atoms with E-state index in [1.54, 1.807) is 55.6 Å². The summed E-state index contributed by atoms with van der Waals surface area (Å²) in [5, 5.41) is 5.65. The molecule has 9 heteroatoms. The van der Waals surface area contributed by atoms with E-state index in [9.17, 15) is 13.2 Å². The number of nitrogens with one attached hydrogen (secondary N) is 2. The van der Waals surface area contributed by atoms with Gasteiger partial charge >= 0.3 is 0 Å². The summed E-state index contributed by atoms with van der Waals surface area (Å²) in [6.07, 6.45) is 5.11. The number of rotatable bonds is 5. The van der Waals surface area contributed by atoms with Gasteiger partial charge in [0, 0.05) is 28.8 Å². The average Bonchev–Trinajstić information content (AvgIpc) is 2.74. The number of hydrogen-bond donors (Lipinski definition) is 2. The van der Waals surface area contributed by atoms with Crippen molar-refractivity contribution < 1.29 is 13.2 Å². The third kappa shape index (κ3) is 5.66. The van der Waals surface area contributed by atoms with Crippen LogP contribution >= 0.6 is 28.1 Å². The number of sulfonamides is 1. The van der Waals surface area contributed by atoms with Crippen molar-refractivity contribution in [3.8, 4) is 0 Å². The van der Waals surface area contributed by atoms with Crippen LogP contribution in [-0.4, -0.2) is 36.8 Å². The van der Waals surface area contributed by atoms with Gasteiger partial charge in [-0.1, -0.05) is 35.2 Å². The number of carbonyl (C=O) groups excluding carboxylic acids is 1. The van der Waals surface area contributed by atoms with Crippen molar-refractivity contribution >= 4 is 54.9 Å². The maximum absolute atomic E-state index is 12.9. The number of halogens is 1. The van der Waals surface area contributed by atoms with Gasteiger partial charge in [-0.25, -0.2) is 8.42 Å². The topological polar surface area (TPSA) is 78.5 Å². The van der Waals surface area contributed by atoms with Gasteiger partial charge in [0.2, 0.25) is 10.0 Å². The fourth-order valence-corrected chi connectivity index (χ4v) is 5.35. The van der Waals surface area contributed by atoms with Crippen molar-refractivity contribution in [1.82, 2.24) is 9.62 Å². The fourth-order valence-electron chi connectivity index (χ4n) is 3.46. The maximum atomic E-state index is 12.9. The zero-order valence-corrected chi connectivity index (χ0v) is 19.8. The number of amides is 1. The number of benzene rings is 2. The quantitative estimate of drug-likeness (QED) is 0.578. The van der Waals surface area contributed by atoms with E-state index < -0.39 is 10.0 Å². The van der Waals surface area contributed by atoms with E-state index in [0.717, 1.165) is 30.2 Å². The van der Waals surface area contributed by atoms with E-state index >= 15 is 0 Å². The Morgan fingerprint density at radius 3 is 2.23 bits per heavy atom. The van der Waals surface area contributed by atoms with Gasteiger partial charge in [0.15, 0.2) is 5.11 Å². The van der Waals surface area contributed by atoms with Crippen LogP contribution < -0.4 is 10.6 Å². The number of carbonyl (C=O) groups is 1. The standard InChI is InChI=1S/C21H24BrN3O3S2/c1-25(18-5-3-2-4-6-18)30(27,28)19-13-11-17(12-14-19)23-21(29)24-20(26)15-7-9-16(22)10-8-15/h7-14,18H,2-6H2,1H3,(H2,23,24,26,29). The predicted octanol–water partition coefficient (Wildman–Crippen LogP) is 4.53. The van der Waals surface area contributed by atoms with Crippen molar-refractivity contribution in [2.45, 2.75) is 43.0 Å². The molecule has 1 saturated carbocycles. The summed E-state index contributed by atoms with van der Waals surface area (Å²) in [6.45, 7) is 0. The highest BCUT2D eigenvalue weighted by Crippen LogP contribution is 2.27. The van der Waals surface area contributed by atoms with Gasteiger partial charge in [-0.2, -0.15) is 4.31 Å². The number of nitrogens with zero attached hydrogens (tertiary/aromatic N) is 1. The first-order chi connectivity index (χ1) is 14.3. The van der Waals surface area contributed by atoms with Crippen molar-refractivity contribution in [3.05, 3.63) is 58.6 Å². The lowest BCUT2D eigenvalue weighted by molar-refractivity contribution is 0.0977. The summed E-state index contributed by atoms with van der Waals surface area (Å²) in [7, 11) is -1.89. The monoisotopic (exact) mass is 509 g/mol. The van der Waals surface area contributed by atoms with Crippen molar-refractivity contribution in [2.24, 2.45) is 0 Å².